The average Bonchev–Trinajstić information content (AvgIpc) is 2.27. The van der Waals surface area contributed by atoms with Crippen LogP contribution in [-0.2, 0) is 6.54 Å². The Labute approximate surface area is 111 Å². The van der Waals surface area contributed by atoms with Crippen molar-refractivity contribution < 1.29 is 5.11 Å². The molecule has 1 aromatic rings. The molecule has 0 aliphatic carbocycles. The van der Waals surface area contributed by atoms with E-state index in [-0.39, 0.29) is 6.10 Å². The molecule has 1 N–H and O–H groups in total. The van der Waals surface area contributed by atoms with Crippen LogP contribution in [0.2, 0.25) is 0 Å². The van der Waals surface area contributed by atoms with Gasteiger partial charge in [-0.25, -0.2) is 0 Å². The molecular weight excluding hydrogens is 313 g/mol. The van der Waals surface area contributed by atoms with Gasteiger partial charge in [0.05, 0.1) is 6.10 Å². The highest BCUT2D eigenvalue weighted by Gasteiger charge is 2.23. The zero-order valence-electron chi connectivity index (χ0n) is 9.56. The van der Waals surface area contributed by atoms with Crippen molar-refractivity contribution in [3.8, 4) is 0 Å². The maximum atomic E-state index is 9.67. The molecule has 0 radical (unpaired) electrons. The van der Waals surface area contributed by atoms with Gasteiger partial charge < -0.3 is 5.11 Å². The van der Waals surface area contributed by atoms with Crippen LogP contribution >= 0.6 is 22.6 Å². The van der Waals surface area contributed by atoms with Crippen LogP contribution in [0.25, 0.3) is 0 Å². The van der Waals surface area contributed by atoms with Crippen LogP contribution in [-0.4, -0.2) is 29.2 Å². The topological polar surface area (TPSA) is 23.5 Å². The Morgan fingerprint density at radius 1 is 1.38 bits per heavy atom. The highest BCUT2D eigenvalue weighted by Crippen LogP contribution is 2.18. The molecule has 88 valence electrons. The third-order valence-corrected chi connectivity index (χ3v) is 3.98. The number of benzene rings is 1. The van der Waals surface area contributed by atoms with Crippen molar-refractivity contribution in [2.24, 2.45) is 5.92 Å². The molecule has 2 nitrogen and oxygen atoms in total. The van der Waals surface area contributed by atoms with Crippen molar-refractivity contribution in [1.29, 1.82) is 0 Å². The van der Waals surface area contributed by atoms with Crippen molar-refractivity contribution in [3.63, 3.8) is 0 Å². The molecule has 1 saturated heterocycles. The van der Waals surface area contributed by atoms with E-state index in [1.165, 1.54) is 9.13 Å². The molecule has 1 aromatic carbocycles. The summed E-state index contributed by atoms with van der Waals surface area (Å²) in [5.41, 5.74) is 1.36. The molecule has 0 amide bonds. The summed E-state index contributed by atoms with van der Waals surface area (Å²) in [5.74, 6) is 0.401. The molecule has 0 aromatic heterocycles. The molecule has 3 heteroatoms. The Morgan fingerprint density at radius 2 is 2.06 bits per heavy atom. The summed E-state index contributed by atoms with van der Waals surface area (Å²) in [6.07, 6.45) is 0.805. The van der Waals surface area contributed by atoms with E-state index in [2.05, 4.69) is 58.7 Å². The van der Waals surface area contributed by atoms with E-state index in [1.807, 2.05) is 0 Å². The first-order valence-electron chi connectivity index (χ1n) is 5.80. The van der Waals surface area contributed by atoms with E-state index in [0.29, 0.717) is 5.92 Å². The molecule has 0 saturated carbocycles. The van der Waals surface area contributed by atoms with Gasteiger partial charge in [0.1, 0.15) is 0 Å². The first-order valence-corrected chi connectivity index (χ1v) is 6.88. The number of hydrogen-bond acceptors (Lipinski definition) is 2. The second-order valence-electron chi connectivity index (χ2n) is 4.69. The highest BCUT2D eigenvalue weighted by molar-refractivity contribution is 14.1. The molecular formula is C13H18INO. The minimum absolute atomic E-state index is 0.104. The summed E-state index contributed by atoms with van der Waals surface area (Å²) >= 11 is 2.33. The quantitative estimate of drug-likeness (QED) is 0.842. The maximum Gasteiger partial charge on any atom is 0.0590 e. The lowest BCUT2D eigenvalue weighted by Crippen LogP contribution is -2.41. The van der Waals surface area contributed by atoms with Crippen molar-refractivity contribution in [2.75, 3.05) is 13.1 Å². The number of hydrogen-bond donors (Lipinski definition) is 1. The second kappa shape index (κ2) is 5.47. The summed E-state index contributed by atoms with van der Waals surface area (Å²) in [6, 6.07) is 8.69. The fourth-order valence-electron chi connectivity index (χ4n) is 2.21. The van der Waals surface area contributed by atoms with Crippen LogP contribution < -0.4 is 0 Å². The Hall–Kier alpha value is -0.130. The van der Waals surface area contributed by atoms with Gasteiger partial charge in [-0.2, -0.15) is 0 Å². The molecule has 1 heterocycles. The third-order valence-electron chi connectivity index (χ3n) is 3.26. The van der Waals surface area contributed by atoms with Gasteiger partial charge in [0.25, 0.3) is 0 Å². The molecule has 16 heavy (non-hydrogen) atoms. The van der Waals surface area contributed by atoms with Gasteiger partial charge in [0.2, 0.25) is 0 Å². The first-order chi connectivity index (χ1) is 7.65. The molecule has 1 fully saturated rings. The maximum absolute atomic E-state index is 9.67. The van der Waals surface area contributed by atoms with E-state index in [4.69, 9.17) is 0 Å². The third kappa shape index (κ3) is 3.18. The van der Waals surface area contributed by atoms with Gasteiger partial charge >= 0.3 is 0 Å². The van der Waals surface area contributed by atoms with Gasteiger partial charge in [0, 0.05) is 23.2 Å². The van der Waals surface area contributed by atoms with Crippen molar-refractivity contribution in [2.45, 2.75) is 26.0 Å². The van der Waals surface area contributed by atoms with Crippen molar-refractivity contribution in [1.82, 2.24) is 4.90 Å². The van der Waals surface area contributed by atoms with E-state index < -0.39 is 0 Å². The minimum Gasteiger partial charge on any atom is -0.393 e. The highest BCUT2D eigenvalue weighted by atomic mass is 127. The number of rotatable bonds is 2. The van der Waals surface area contributed by atoms with Crippen molar-refractivity contribution in [3.05, 3.63) is 33.4 Å². The largest absolute Gasteiger partial charge is 0.393 e. The molecule has 2 atom stereocenters. The minimum atomic E-state index is -0.104. The lowest BCUT2D eigenvalue weighted by atomic mass is 9.96. The number of piperidine rings is 1. The van der Waals surface area contributed by atoms with Gasteiger partial charge in [-0.15, -0.1) is 0 Å². The Kier molecular flexibility index (Phi) is 4.21. The lowest BCUT2D eigenvalue weighted by Gasteiger charge is -2.34. The van der Waals surface area contributed by atoms with Crippen LogP contribution in [0.4, 0.5) is 0 Å². The number of nitrogens with zero attached hydrogens (tertiary/aromatic N) is 1. The normalized spacial score (nSPS) is 26.9. The number of halogens is 1. The molecule has 0 spiro atoms. The van der Waals surface area contributed by atoms with Crippen LogP contribution in [0, 0.1) is 9.49 Å². The predicted molar refractivity (Wildman–Crippen MR) is 74.2 cm³/mol. The fourth-order valence-corrected chi connectivity index (χ4v) is 2.57. The summed E-state index contributed by atoms with van der Waals surface area (Å²) < 4.78 is 1.28. The summed E-state index contributed by atoms with van der Waals surface area (Å²) in [5, 5.41) is 9.67. The van der Waals surface area contributed by atoms with Crippen LogP contribution in [0.5, 0.6) is 0 Å². The van der Waals surface area contributed by atoms with Gasteiger partial charge in [-0.1, -0.05) is 19.1 Å². The SMILES string of the molecule is CC1CN(Cc2ccc(I)cc2)CCC1O. The average molecular weight is 331 g/mol. The smallest absolute Gasteiger partial charge is 0.0590 e. The molecule has 1 aliphatic heterocycles. The molecule has 2 unspecified atom stereocenters. The Morgan fingerprint density at radius 3 is 2.69 bits per heavy atom. The predicted octanol–water partition coefficient (Wildman–Crippen LogP) is 2.49. The zero-order valence-corrected chi connectivity index (χ0v) is 11.7. The fraction of sp³-hybridized carbons (Fsp3) is 0.538. The summed E-state index contributed by atoms with van der Waals surface area (Å²) in [6.45, 7) is 5.16. The Bertz CT molecular complexity index is 338. The zero-order chi connectivity index (χ0) is 11.5. The van der Waals surface area contributed by atoms with Crippen LogP contribution in [0.3, 0.4) is 0 Å². The van der Waals surface area contributed by atoms with Gasteiger partial charge in [-0.05, 0) is 52.6 Å². The number of likely N-dealkylation sites (tertiary alicyclic amines) is 1. The monoisotopic (exact) mass is 331 g/mol. The van der Waals surface area contributed by atoms with Crippen LogP contribution in [0.1, 0.15) is 18.9 Å². The molecule has 1 aliphatic rings. The second-order valence-corrected chi connectivity index (χ2v) is 5.94. The summed E-state index contributed by atoms with van der Waals surface area (Å²) in [4.78, 5) is 2.43. The van der Waals surface area contributed by atoms with E-state index in [0.717, 1.165) is 26.1 Å². The summed E-state index contributed by atoms with van der Waals surface area (Å²) in [7, 11) is 0. The first kappa shape index (κ1) is 12.3. The number of aliphatic hydroxyl groups is 1. The van der Waals surface area contributed by atoms with E-state index in [9.17, 15) is 5.11 Å². The van der Waals surface area contributed by atoms with Gasteiger partial charge in [0.15, 0.2) is 0 Å². The van der Waals surface area contributed by atoms with E-state index >= 15 is 0 Å². The Balaban J connectivity index is 1.93. The van der Waals surface area contributed by atoms with Crippen molar-refractivity contribution >= 4 is 22.6 Å². The molecule has 2 rings (SSSR count). The standard InChI is InChI=1S/C13H18INO/c1-10-8-15(7-6-13(10)16)9-11-2-4-12(14)5-3-11/h2-5,10,13,16H,6-9H2,1H3. The van der Waals surface area contributed by atoms with Crippen LogP contribution in [0.15, 0.2) is 24.3 Å². The van der Waals surface area contributed by atoms with E-state index in [1.54, 1.807) is 0 Å². The molecule has 0 bridgehead atoms. The van der Waals surface area contributed by atoms with Gasteiger partial charge in [-0.3, -0.25) is 4.90 Å². The lowest BCUT2D eigenvalue weighted by molar-refractivity contribution is 0.0320. The number of aliphatic hydroxyl groups excluding tert-OH is 1.